The van der Waals surface area contributed by atoms with E-state index in [-0.39, 0.29) is 6.04 Å². The van der Waals surface area contributed by atoms with Crippen molar-refractivity contribution < 1.29 is 0 Å². The van der Waals surface area contributed by atoms with Crippen LogP contribution in [0.2, 0.25) is 5.02 Å². The maximum absolute atomic E-state index is 6.05. The van der Waals surface area contributed by atoms with Crippen LogP contribution in [0.5, 0.6) is 0 Å². The summed E-state index contributed by atoms with van der Waals surface area (Å²) in [6.07, 6.45) is 0. The lowest BCUT2D eigenvalue weighted by atomic mass is 10.0. The topological polar surface area (TPSA) is 12.0 Å². The normalized spacial score (nSPS) is 14.1. The number of aryl methyl sites for hydroxylation is 2. The van der Waals surface area contributed by atoms with Gasteiger partial charge >= 0.3 is 0 Å². The van der Waals surface area contributed by atoms with Crippen LogP contribution in [0.15, 0.2) is 42.5 Å². The van der Waals surface area contributed by atoms with Gasteiger partial charge in [-0.15, -0.1) is 0 Å². The first-order valence-electron chi connectivity index (χ1n) is 7.06. The number of benzene rings is 2. The molecule has 0 saturated heterocycles. The number of rotatable bonds is 4. The van der Waals surface area contributed by atoms with E-state index in [0.717, 1.165) is 5.02 Å². The molecule has 0 spiro atoms. The number of halogens is 1. The van der Waals surface area contributed by atoms with Gasteiger partial charge in [-0.3, -0.25) is 0 Å². The molecule has 2 heteroatoms. The van der Waals surface area contributed by atoms with Gasteiger partial charge in [0, 0.05) is 17.1 Å². The SMILES string of the molecule is Cc1ccc(C(C)N[C@H](C)c2cccc(Cl)c2)cc1C. The van der Waals surface area contributed by atoms with Crippen LogP contribution in [-0.2, 0) is 0 Å². The Morgan fingerprint density at radius 1 is 0.850 bits per heavy atom. The van der Waals surface area contributed by atoms with Gasteiger partial charge in [0.05, 0.1) is 0 Å². The molecule has 0 radical (unpaired) electrons. The first-order chi connectivity index (χ1) is 9.47. The maximum atomic E-state index is 6.05. The summed E-state index contributed by atoms with van der Waals surface area (Å²) < 4.78 is 0. The quantitative estimate of drug-likeness (QED) is 0.797. The molecule has 0 saturated carbocycles. The largest absolute Gasteiger partial charge is 0.304 e. The van der Waals surface area contributed by atoms with E-state index in [2.05, 4.69) is 57.3 Å². The van der Waals surface area contributed by atoms with Crippen LogP contribution in [-0.4, -0.2) is 0 Å². The van der Waals surface area contributed by atoms with Gasteiger partial charge in [-0.25, -0.2) is 0 Å². The van der Waals surface area contributed by atoms with E-state index in [0.29, 0.717) is 6.04 Å². The van der Waals surface area contributed by atoms with Gasteiger partial charge < -0.3 is 5.32 Å². The summed E-state index contributed by atoms with van der Waals surface area (Å²) in [7, 11) is 0. The molecule has 20 heavy (non-hydrogen) atoms. The highest BCUT2D eigenvalue weighted by Crippen LogP contribution is 2.22. The fourth-order valence-electron chi connectivity index (χ4n) is 2.38. The third-order valence-corrected chi connectivity index (χ3v) is 4.11. The van der Waals surface area contributed by atoms with Crippen molar-refractivity contribution in [1.82, 2.24) is 5.32 Å². The molecule has 2 atom stereocenters. The van der Waals surface area contributed by atoms with E-state index >= 15 is 0 Å². The Labute approximate surface area is 127 Å². The zero-order valence-corrected chi connectivity index (χ0v) is 13.3. The summed E-state index contributed by atoms with van der Waals surface area (Å²) in [6, 6.07) is 15.3. The zero-order chi connectivity index (χ0) is 14.7. The Morgan fingerprint density at radius 2 is 1.50 bits per heavy atom. The summed E-state index contributed by atoms with van der Waals surface area (Å²) in [4.78, 5) is 0. The Morgan fingerprint density at radius 3 is 2.10 bits per heavy atom. The van der Waals surface area contributed by atoms with Crippen LogP contribution in [0.3, 0.4) is 0 Å². The molecule has 2 rings (SSSR count). The standard InChI is InChI=1S/C18H22ClN/c1-12-8-9-17(10-13(12)2)15(4)20-14(3)16-6-5-7-18(19)11-16/h5-11,14-15,20H,1-4H3/t14-,15?/m1/s1. The fourth-order valence-corrected chi connectivity index (χ4v) is 2.58. The average Bonchev–Trinajstić information content (AvgIpc) is 2.41. The average molecular weight is 288 g/mol. The van der Waals surface area contributed by atoms with Crippen molar-refractivity contribution >= 4 is 11.6 Å². The molecule has 1 N–H and O–H groups in total. The summed E-state index contributed by atoms with van der Waals surface area (Å²) in [5, 5.41) is 4.41. The molecule has 2 aromatic carbocycles. The molecule has 0 heterocycles. The Bertz CT molecular complexity index is 592. The van der Waals surface area contributed by atoms with Crippen LogP contribution >= 0.6 is 11.6 Å². The van der Waals surface area contributed by atoms with Crippen molar-refractivity contribution in [3.8, 4) is 0 Å². The smallest absolute Gasteiger partial charge is 0.0409 e. The van der Waals surface area contributed by atoms with Crippen LogP contribution in [0.4, 0.5) is 0 Å². The Hall–Kier alpha value is -1.31. The fraction of sp³-hybridized carbons (Fsp3) is 0.333. The van der Waals surface area contributed by atoms with Crippen molar-refractivity contribution in [1.29, 1.82) is 0 Å². The molecule has 0 amide bonds. The molecule has 0 aromatic heterocycles. The summed E-state index contributed by atoms with van der Waals surface area (Å²) in [6.45, 7) is 8.67. The third-order valence-electron chi connectivity index (χ3n) is 3.88. The minimum atomic E-state index is 0.269. The first-order valence-corrected chi connectivity index (χ1v) is 7.44. The lowest BCUT2D eigenvalue weighted by Gasteiger charge is -2.21. The van der Waals surface area contributed by atoms with E-state index in [4.69, 9.17) is 11.6 Å². The molecule has 0 bridgehead atoms. The van der Waals surface area contributed by atoms with Crippen LogP contribution in [0, 0.1) is 13.8 Å². The molecular formula is C18H22ClN. The highest BCUT2D eigenvalue weighted by molar-refractivity contribution is 6.30. The maximum Gasteiger partial charge on any atom is 0.0409 e. The van der Waals surface area contributed by atoms with E-state index < -0.39 is 0 Å². The first kappa shape index (κ1) is 15.1. The summed E-state index contributed by atoms with van der Waals surface area (Å²) in [5.41, 5.74) is 5.21. The van der Waals surface area contributed by atoms with Gasteiger partial charge in [-0.05, 0) is 62.1 Å². The van der Waals surface area contributed by atoms with Crippen molar-refractivity contribution in [2.75, 3.05) is 0 Å². The van der Waals surface area contributed by atoms with Crippen molar-refractivity contribution in [2.24, 2.45) is 0 Å². The van der Waals surface area contributed by atoms with Crippen LogP contribution in [0.1, 0.15) is 48.2 Å². The highest BCUT2D eigenvalue weighted by Gasteiger charge is 2.11. The van der Waals surface area contributed by atoms with Gasteiger partial charge in [0.25, 0.3) is 0 Å². The molecular weight excluding hydrogens is 266 g/mol. The van der Waals surface area contributed by atoms with Crippen molar-refractivity contribution in [3.05, 3.63) is 69.7 Å². The van der Waals surface area contributed by atoms with Gasteiger partial charge in [0.15, 0.2) is 0 Å². The van der Waals surface area contributed by atoms with E-state index in [9.17, 15) is 0 Å². The number of hydrogen-bond donors (Lipinski definition) is 1. The minimum Gasteiger partial charge on any atom is -0.304 e. The molecule has 2 aromatic rings. The molecule has 0 aliphatic heterocycles. The minimum absolute atomic E-state index is 0.269. The number of nitrogens with one attached hydrogen (secondary N) is 1. The molecule has 1 nitrogen and oxygen atoms in total. The van der Waals surface area contributed by atoms with Gasteiger partial charge in [0.1, 0.15) is 0 Å². The predicted molar refractivity (Wildman–Crippen MR) is 87.3 cm³/mol. The Kier molecular flexibility index (Phi) is 4.85. The van der Waals surface area contributed by atoms with Gasteiger partial charge in [-0.2, -0.15) is 0 Å². The highest BCUT2D eigenvalue weighted by atomic mass is 35.5. The van der Waals surface area contributed by atoms with E-state index in [1.807, 2.05) is 18.2 Å². The lowest BCUT2D eigenvalue weighted by Crippen LogP contribution is -2.22. The van der Waals surface area contributed by atoms with Crippen LogP contribution in [0.25, 0.3) is 0 Å². The van der Waals surface area contributed by atoms with E-state index in [1.54, 1.807) is 0 Å². The monoisotopic (exact) mass is 287 g/mol. The van der Waals surface area contributed by atoms with E-state index in [1.165, 1.54) is 22.3 Å². The summed E-state index contributed by atoms with van der Waals surface area (Å²) >= 11 is 6.05. The third kappa shape index (κ3) is 3.62. The van der Waals surface area contributed by atoms with Gasteiger partial charge in [-0.1, -0.05) is 41.9 Å². The van der Waals surface area contributed by atoms with Crippen molar-refractivity contribution in [3.63, 3.8) is 0 Å². The zero-order valence-electron chi connectivity index (χ0n) is 12.6. The second-order valence-electron chi connectivity index (χ2n) is 5.51. The Balaban J connectivity index is 2.10. The molecule has 0 aliphatic carbocycles. The number of hydrogen-bond acceptors (Lipinski definition) is 1. The molecule has 0 aliphatic rings. The summed E-state index contributed by atoms with van der Waals surface area (Å²) in [5.74, 6) is 0. The van der Waals surface area contributed by atoms with Crippen LogP contribution < -0.4 is 5.32 Å². The molecule has 0 fully saturated rings. The molecule has 106 valence electrons. The van der Waals surface area contributed by atoms with Gasteiger partial charge in [0.2, 0.25) is 0 Å². The lowest BCUT2D eigenvalue weighted by molar-refractivity contribution is 0.494. The van der Waals surface area contributed by atoms with Crippen molar-refractivity contribution in [2.45, 2.75) is 39.8 Å². The second-order valence-corrected chi connectivity index (χ2v) is 5.95. The molecule has 1 unspecified atom stereocenters. The predicted octanol–water partition coefficient (Wildman–Crippen LogP) is 5.37. The second kappa shape index (κ2) is 6.43.